The van der Waals surface area contributed by atoms with Gasteiger partial charge in [-0.15, -0.1) is 0 Å². The molecule has 10 nitrogen and oxygen atoms in total. The molecule has 1 saturated carbocycles. The summed E-state index contributed by atoms with van der Waals surface area (Å²) in [4.78, 5) is 40.1. The fraction of sp³-hybridized carbons (Fsp3) is 0.667. The highest BCUT2D eigenvalue weighted by Gasteiger charge is 2.44. The molecule has 5 rings (SSSR count). The summed E-state index contributed by atoms with van der Waals surface area (Å²) in [6.45, 7) is 1.18. The minimum atomic E-state index is -4.44. The van der Waals surface area contributed by atoms with Crippen molar-refractivity contribution in [3.63, 3.8) is 0 Å². The minimum Gasteiger partial charge on any atom is -0.350 e. The van der Waals surface area contributed by atoms with E-state index in [1.165, 1.54) is 25.6 Å². The number of hydrogen-bond donors (Lipinski definition) is 2. The minimum absolute atomic E-state index is 0.00880. The standard InChI is InChI=1S/C27H36F3N5O5S/c28-27(29,30)21-10-8-18(9-11-21)14-31-25(37)23-7-3-13-35(23)26(38)20-6-2-12-33(15-20)41(39,40)34-16-22(17-34)32-24(36)19-4-1-5-19/h8-11,19-20,22-23H,1-7,12-17H2,(H,31,37)(H,32,36)/t20-,23+/m0/s1. The molecule has 226 valence electrons. The van der Waals surface area contributed by atoms with Gasteiger partial charge in [0.05, 0.1) is 17.5 Å². The molecule has 0 unspecified atom stereocenters. The van der Waals surface area contributed by atoms with Crippen molar-refractivity contribution < 1.29 is 36.0 Å². The highest BCUT2D eigenvalue weighted by molar-refractivity contribution is 7.86. The third-order valence-electron chi connectivity index (χ3n) is 8.64. The van der Waals surface area contributed by atoms with Gasteiger partial charge in [-0.2, -0.15) is 30.2 Å². The van der Waals surface area contributed by atoms with Crippen LogP contribution in [0.4, 0.5) is 13.2 Å². The van der Waals surface area contributed by atoms with Gasteiger partial charge in [0.25, 0.3) is 10.2 Å². The van der Waals surface area contributed by atoms with E-state index in [0.717, 1.165) is 31.4 Å². The number of nitrogens with one attached hydrogen (secondary N) is 2. The molecule has 3 amide bonds. The number of hydrogen-bond acceptors (Lipinski definition) is 5. The lowest BCUT2D eigenvalue weighted by Crippen LogP contribution is -2.64. The van der Waals surface area contributed by atoms with Gasteiger partial charge in [-0.3, -0.25) is 14.4 Å². The molecular weight excluding hydrogens is 563 g/mol. The van der Waals surface area contributed by atoms with E-state index in [-0.39, 0.29) is 55.9 Å². The Hall–Kier alpha value is -2.71. The van der Waals surface area contributed by atoms with Crippen LogP contribution >= 0.6 is 0 Å². The van der Waals surface area contributed by atoms with E-state index < -0.39 is 33.9 Å². The van der Waals surface area contributed by atoms with E-state index >= 15 is 0 Å². The van der Waals surface area contributed by atoms with Crippen molar-refractivity contribution in [3.05, 3.63) is 35.4 Å². The van der Waals surface area contributed by atoms with Crippen LogP contribution < -0.4 is 10.6 Å². The van der Waals surface area contributed by atoms with Crippen LogP contribution in [-0.4, -0.2) is 84.5 Å². The van der Waals surface area contributed by atoms with Gasteiger partial charge in [0, 0.05) is 45.2 Å². The lowest BCUT2D eigenvalue weighted by atomic mass is 9.84. The first-order chi connectivity index (χ1) is 19.4. The molecule has 0 bridgehead atoms. The van der Waals surface area contributed by atoms with Crippen LogP contribution in [-0.2, 0) is 37.3 Å². The highest BCUT2D eigenvalue weighted by atomic mass is 32.2. The molecule has 3 heterocycles. The maximum absolute atomic E-state index is 13.5. The number of rotatable bonds is 8. The van der Waals surface area contributed by atoms with Gasteiger partial charge >= 0.3 is 6.18 Å². The molecule has 1 aromatic rings. The number of halogens is 3. The second-order valence-electron chi connectivity index (χ2n) is 11.5. The zero-order valence-electron chi connectivity index (χ0n) is 22.7. The van der Waals surface area contributed by atoms with Gasteiger partial charge in [0.1, 0.15) is 6.04 Å². The van der Waals surface area contributed by atoms with Crippen molar-refractivity contribution in [3.8, 4) is 0 Å². The largest absolute Gasteiger partial charge is 0.416 e. The summed E-state index contributed by atoms with van der Waals surface area (Å²) < 4.78 is 67.5. The summed E-state index contributed by atoms with van der Waals surface area (Å²) in [6, 6.07) is 3.62. The summed E-state index contributed by atoms with van der Waals surface area (Å²) in [5.41, 5.74) is -0.264. The quantitative estimate of drug-likeness (QED) is 0.473. The predicted octanol–water partition coefficient (Wildman–Crippen LogP) is 1.87. The average molecular weight is 600 g/mol. The van der Waals surface area contributed by atoms with Crippen LogP contribution in [0.2, 0.25) is 0 Å². The molecule has 0 spiro atoms. The van der Waals surface area contributed by atoms with Crippen molar-refractivity contribution in [1.82, 2.24) is 24.1 Å². The maximum atomic E-state index is 13.5. The van der Waals surface area contributed by atoms with E-state index in [4.69, 9.17) is 0 Å². The van der Waals surface area contributed by atoms with Gasteiger partial charge in [-0.25, -0.2) is 0 Å². The normalized spacial score (nSPS) is 24.9. The van der Waals surface area contributed by atoms with E-state index in [2.05, 4.69) is 10.6 Å². The number of alkyl halides is 3. The van der Waals surface area contributed by atoms with Crippen molar-refractivity contribution in [2.75, 3.05) is 32.7 Å². The smallest absolute Gasteiger partial charge is 0.350 e. The Labute approximate surface area is 237 Å². The molecule has 3 saturated heterocycles. The third kappa shape index (κ3) is 6.54. The lowest BCUT2D eigenvalue weighted by Gasteiger charge is -2.43. The van der Waals surface area contributed by atoms with E-state index in [9.17, 15) is 36.0 Å². The second-order valence-corrected chi connectivity index (χ2v) is 13.4. The Morgan fingerprint density at radius 2 is 1.49 bits per heavy atom. The Morgan fingerprint density at radius 1 is 0.829 bits per heavy atom. The van der Waals surface area contributed by atoms with Crippen LogP contribution in [0.25, 0.3) is 0 Å². The van der Waals surface area contributed by atoms with Gasteiger partial charge in [0.2, 0.25) is 17.7 Å². The maximum Gasteiger partial charge on any atom is 0.416 e. The van der Waals surface area contributed by atoms with Gasteiger partial charge in [0.15, 0.2) is 0 Å². The highest BCUT2D eigenvalue weighted by Crippen LogP contribution is 2.31. The number of carbonyl (C=O) groups excluding carboxylic acids is 3. The monoisotopic (exact) mass is 599 g/mol. The van der Waals surface area contributed by atoms with E-state index in [0.29, 0.717) is 44.3 Å². The van der Waals surface area contributed by atoms with Crippen LogP contribution in [0, 0.1) is 11.8 Å². The van der Waals surface area contributed by atoms with E-state index in [1.807, 2.05) is 0 Å². The second kappa shape index (κ2) is 11.9. The fourth-order valence-electron chi connectivity index (χ4n) is 5.88. The van der Waals surface area contributed by atoms with Crippen LogP contribution in [0.1, 0.15) is 56.1 Å². The zero-order valence-corrected chi connectivity index (χ0v) is 23.6. The summed E-state index contributed by atoms with van der Waals surface area (Å²) >= 11 is 0. The summed E-state index contributed by atoms with van der Waals surface area (Å²) in [5, 5.41) is 5.65. The molecule has 1 aliphatic carbocycles. The topological polar surface area (TPSA) is 119 Å². The fourth-order valence-corrected chi connectivity index (χ4v) is 7.67. The number of carbonyl (C=O) groups is 3. The molecule has 4 aliphatic rings. The van der Waals surface area contributed by atoms with Crippen LogP contribution in [0.3, 0.4) is 0 Å². The van der Waals surface area contributed by atoms with Crippen molar-refractivity contribution in [2.45, 2.75) is 69.8 Å². The zero-order chi connectivity index (χ0) is 29.4. The average Bonchev–Trinajstić information content (AvgIpc) is 3.37. The Kier molecular flexibility index (Phi) is 8.63. The van der Waals surface area contributed by atoms with Crippen molar-refractivity contribution in [2.24, 2.45) is 11.8 Å². The number of piperidine rings is 1. The molecule has 41 heavy (non-hydrogen) atoms. The first kappa shape index (κ1) is 29.8. The number of benzene rings is 1. The number of amides is 3. The van der Waals surface area contributed by atoms with Crippen LogP contribution in [0.15, 0.2) is 24.3 Å². The first-order valence-corrected chi connectivity index (χ1v) is 15.6. The molecule has 0 aromatic heterocycles. The van der Waals surface area contributed by atoms with E-state index in [1.54, 1.807) is 0 Å². The number of nitrogens with zero attached hydrogens (tertiary/aromatic N) is 3. The molecule has 2 N–H and O–H groups in total. The van der Waals surface area contributed by atoms with Crippen molar-refractivity contribution in [1.29, 1.82) is 0 Å². The molecule has 0 radical (unpaired) electrons. The third-order valence-corrected chi connectivity index (χ3v) is 10.6. The molecule has 4 fully saturated rings. The molecule has 3 aliphatic heterocycles. The summed E-state index contributed by atoms with van der Waals surface area (Å²) in [5.74, 6) is -1.18. The van der Waals surface area contributed by atoms with Gasteiger partial charge in [-0.1, -0.05) is 18.6 Å². The Bertz CT molecular complexity index is 1250. The SMILES string of the molecule is O=C(NC1CN(S(=O)(=O)N2CCC[C@H](C(=O)N3CCC[C@@H]3C(=O)NCc3ccc(C(F)(F)F)cc3)C2)C1)C1CCC1. The van der Waals surface area contributed by atoms with Crippen LogP contribution in [0.5, 0.6) is 0 Å². The number of likely N-dealkylation sites (tertiary alicyclic amines) is 1. The van der Waals surface area contributed by atoms with Gasteiger partial charge in [-0.05, 0) is 56.2 Å². The molecule has 1 aromatic carbocycles. The Morgan fingerprint density at radius 3 is 2.12 bits per heavy atom. The molecule has 2 atom stereocenters. The summed E-state index contributed by atoms with van der Waals surface area (Å²) in [7, 11) is -3.78. The first-order valence-electron chi connectivity index (χ1n) is 14.2. The predicted molar refractivity (Wildman–Crippen MR) is 142 cm³/mol. The molecular formula is C27H36F3N5O5S. The van der Waals surface area contributed by atoms with Crippen molar-refractivity contribution >= 4 is 27.9 Å². The molecule has 14 heteroatoms. The lowest BCUT2D eigenvalue weighted by molar-refractivity contribution is -0.142. The summed E-state index contributed by atoms with van der Waals surface area (Å²) in [6.07, 6.45) is 0.479. The van der Waals surface area contributed by atoms with Gasteiger partial charge < -0.3 is 15.5 Å². The Balaban J connectivity index is 1.12.